The van der Waals surface area contributed by atoms with Gasteiger partial charge in [0.1, 0.15) is 95.8 Å². The van der Waals surface area contributed by atoms with Crippen molar-refractivity contribution in [3.8, 4) is 57.1 Å². The maximum atomic E-state index is 16.5. The lowest BCUT2D eigenvalue weighted by Gasteiger charge is -2.48. The highest BCUT2D eigenvalue weighted by Gasteiger charge is 2.53. The van der Waals surface area contributed by atoms with E-state index in [1.807, 2.05) is 0 Å². The molecule has 2 saturated heterocycles. The Balaban J connectivity index is 1.17. The molecule has 14 unspecified atom stereocenters. The number of nitrogens with one attached hydrogen (secondary N) is 9. The van der Waals surface area contributed by atoms with Crippen LogP contribution in [0.4, 0.5) is 0 Å². The van der Waals surface area contributed by atoms with Gasteiger partial charge in [-0.05, 0) is 129 Å². The van der Waals surface area contributed by atoms with Gasteiger partial charge in [-0.25, -0.2) is 4.79 Å². The van der Waals surface area contributed by atoms with E-state index < -0.39 is 317 Å². The molecule has 47 heteroatoms. The van der Waals surface area contributed by atoms with Gasteiger partial charge in [0.2, 0.25) is 59.3 Å². The Morgan fingerprint density at radius 3 is 1.89 bits per heavy atom. The van der Waals surface area contributed by atoms with Crippen molar-refractivity contribution in [1.29, 1.82) is 0 Å². The maximum Gasteiger partial charge on any atom is 0.340 e. The number of rotatable bonds is 35. The summed E-state index contributed by atoms with van der Waals surface area (Å²) in [6, 6.07) is -3.73. The summed E-state index contributed by atoms with van der Waals surface area (Å²) in [5.74, 6) is -19.8. The Hall–Kier alpha value is -9.80. The molecule has 0 saturated carbocycles. The van der Waals surface area contributed by atoms with Crippen LogP contribution in [0.3, 0.4) is 0 Å². The quantitative estimate of drug-likeness (QED) is 0.0157. The van der Waals surface area contributed by atoms with Crippen LogP contribution in [0.2, 0.25) is 10.0 Å². The van der Waals surface area contributed by atoms with Gasteiger partial charge in [-0.15, -0.1) is 0 Å². The number of unbranched alkanes of at least 4 members (excludes halogenated alkanes) is 7. The Morgan fingerprint density at radius 1 is 0.705 bits per heavy atom. The van der Waals surface area contributed by atoms with Crippen molar-refractivity contribution in [1.82, 2.24) is 52.8 Å². The number of aldehydes is 1. The number of hydrogen-bond donors (Lipinski definition) is 24. The molecule has 11 bridgehead atoms. The van der Waals surface area contributed by atoms with Crippen LogP contribution in [0.25, 0.3) is 11.1 Å². The lowest BCUT2D eigenvalue weighted by molar-refractivity contribution is -0.334. The van der Waals surface area contributed by atoms with Gasteiger partial charge in [-0.3, -0.25) is 47.5 Å². The van der Waals surface area contributed by atoms with Crippen molar-refractivity contribution < 1.29 is 156 Å². The number of hydrogen-bond acceptors (Lipinski definition) is 30. The molecule has 43 nitrogen and oxygen atoms in total. The normalized spacial score (nSPS) is 25.6. The number of likely N-dealkylation sites (N-methyl/N-ethyl adjacent to an activating group) is 1. The van der Waals surface area contributed by atoms with E-state index >= 15 is 24.0 Å². The molecule has 2 fully saturated rings. The molecular formula is C85H113Cl2N11O32P2. The van der Waals surface area contributed by atoms with Gasteiger partial charge in [0.15, 0.2) is 35.3 Å². The highest BCUT2D eigenvalue weighted by molar-refractivity contribution is 7.70. The molecule has 0 aliphatic carbocycles. The molecule has 18 atom stereocenters. The summed E-state index contributed by atoms with van der Waals surface area (Å²) in [5, 5.41) is 140. The molecule has 724 valence electrons. The van der Waals surface area contributed by atoms with Crippen molar-refractivity contribution >= 4 is 97.9 Å². The second-order valence-corrected chi connectivity index (χ2v) is 38.5. The highest BCUT2D eigenvalue weighted by Crippen LogP contribution is 2.62. The van der Waals surface area contributed by atoms with Gasteiger partial charge in [0.05, 0.1) is 60.0 Å². The number of phenols is 3. The molecule has 5 aromatic rings. The summed E-state index contributed by atoms with van der Waals surface area (Å²) < 4.78 is 63.9. The van der Waals surface area contributed by atoms with Crippen LogP contribution < -0.4 is 67.8 Å². The van der Waals surface area contributed by atoms with Crippen LogP contribution >= 0.6 is 38.4 Å². The lowest BCUT2D eigenvalue weighted by Crippen LogP contribution is -2.65. The van der Waals surface area contributed by atoms with Crippen LogP contribution in [0, 0.1) is 5.92 Å². The van der Waals surface area contributed by atoms with Crippen molar-refractivity contribution in [3.05, 3.63) is 116 Å². The van der Waals surface area contributed by atoms with Gasteiger partial charge in [-0.2, -0.15) is 0 Å². The van der Waals surface area contributed by atoms with E-state index in [4.69, 9.17) is 57.4 Å². The summed E-state index contributed by atoms with van der Waals surface area (Å²) >= 11 is 14.4. The number of nitrogens with two attached hydrogens (primary N) is 1. The first-order valence-electron chi connectivity index (χ1n) is 42.8. The van der Waals surface area contributed by atoms with Gasteiger partial charge in [-0.1, -0.05) is 107 Å². The fourth-order valence-electron chi connectivity index (χ4n) is 16.3. The summed E-state index contributed by atoms with van der Waals surface area (Å²) in [5.41, 5.74) is -0.507. The zero-order valence-electron chi connectivity index (χ0n) is 72.7. The van der Waals surface area contributed by atoms with Crippen molar-refractivity contribution in [2.24, 2.45) is 11.7 Å². The van der Waals surface area contributed by atoms with Crippen LogP contribution in [0.15, 0.2) is 72.8 Å². The second kappa shape index (κ2) is 45.5. The van der Waals surface area contributed by atoms with Crippen LogP contribution in [-0.4, -0.2) is 259 Å². The topological polar surface area (TPSA) is 681 Å². The average Bonchev–Trinajstić information content (AvgIpc) is 0.750. The lowest BCUT2D eigenvalue weighted by atomic mass is 9.85. The van der Waals surface area contributed by atoms with E-state index in [1.54, 1.807) is 27.7 Å². The van der Waals surface area contributed by atoms with Crippen molar-refractivity contribution in [2.75, 3.05) is 39.8 Å². The first-order valence-corrected chi connectivity index (χ1v) is 46.9. The number of carboxylic acid groups (broad SMARTS) is 1. The number of fused-ring (bicyclic) bond motifs is 15. The number of aliphatic hydroxyl groups is 6. The first kappa shape index (κ1) is 104. The van der Waals surface area contributed by atoms with E-state index in [0.29, 0.717) is 24.1 Å². The van der Waals surface area contributed by atoms with Crippen LogP contribution in [0.1, 0.15) is 182 Å². The average molecular weight is 1930 g/mol. The predicted molar refractivity (Wildman–Crippen MR) is 467 cm³/mol. The Bertz CT molecular complexity index is 5130. The number of amides is 8. The molecule has 0 aromatic heterocycles. The van der Waals surface area contributed by atoms with Gasteiger partial charge < -0.3 is 162 Å². The number of carbonyl (C=O) groups is 10. The van der Waals surface area contributed by atoms with Crippen molar-refractivity contribution in [2.45, 2.75) is 239 Å². The largest absolute Gasteiger partial charge is 0.507 e. The number of aromatic hydroxyl groups is 3. The maximum absolute atomic E-state index is 16.5. The summed E-state index contributed by atoms with van der Waals surface area (Å²) in [4.78, 5) is 186. The fourth-order valence-corrected chi connectivity index (χ4v) is 19.2. The van der Waals surface area contributed by atoms with Gasteiger partial charge in [0, 0.05) is 48.2 Å². The minimum atomic E-state index is -5.67. The molecule has 7 heterocycles. The minimum absolute atomic E-state index is 0.0948. The molecule has 5 aromatic carbocycles. The number of benzene rings is 5. The van der Waals surface area contributed by atoms with E-state index in [1.165, 1.54) is 32.4 Å². The van der Waals surface area contributed by atoms with E-state index in [9.17, 15) is 104 Å². The van der Waals surface area contributed by atoms with Crippen LogP contribution in [-0.2, 0) is 77.8 Å². The third-order valence-electron chi connectivity index (χ3n) is 23.4. The zero-order chi connectivity index (χ0) is 96.9. The molecule has 8 amide bonds. The Labute approximate surface area is 767 Å². The number of aliphatic hydroxyl groups excluding tert-OH is 6. The Kier molecular flexibility index (Phi) is 35.9. The third kappa shape index (κ3) is 25.4. The first-order chi connectivity index (χ1) is 62.3. The summed E-state index contributed by atoms with van der Waals surface area (Å²) in [7, 11) is -9.89. The zero-order valence-corrected chi connectivity index (χ0v) is 76.0. The van der Waals surface area contributed by atoms with Gasteiger partial charge >= 0.3 is 21.2 Å². The van der Waals surface area contributed by atoms with E-state index in [0.717, 1.165) is 99.3 Å². The van der Waals surface area contributed by atoms with Crippen molar-refractivity contribution in [3.63, 3.8) is 0 Å². The van der Waals surface area contributed by atoms with E-state index in [-0.39, 0.29) is 30.6 Å². The molecule has 25 N–H and O–H groups in total. The smallest absolute Gasteiger partial charge is 0.340 e. The Morgan fingerprint density at radius 2 is 1.30 bits per heavy atom. The molecule has 7 aliphatic rings. The third-order valence-corrected chi connectivity index (χ3v) is 27.9. The monoisotopic (exact) mass is 1930 g/mol. The predicted octanol–water partition coefficient (Wildman–Crippen LogP) is 2.46. The number of nitrogens with zero attached hydrogens (tertiary/aromatic N) is 1. The fraction of sp³-hybridized carbons (Fsp3) is 0.529. The number of carboxylic acids is 1. The second-order valence-electron chi connectivity index (χ2n) is 33.7. The standard InChI is InChI=1S/C85H113Cl2N11O32P2/c1-7-8-9-10-11-12-13-14-23-90-24-25-91-85(5)36-61(125-40(4)76(85)110)129-75-73(109)72(108)58(38-100)128-84(75)130-74-56-32-44-33-57(74)127-55-20-17-43(31-49(55)87)70(106)68-82(116)95-66(83(117)118)46-34-53(102)47(37-98(26-27-99)60(104)21-22-62(131(119,120)121)132(122,123)124)71(107)63(46)45-29-41(15-18-52(45)101)64(79(113)97-68)94-80(114)65(44)93-78(112)51(35-59(88)103)92-81(115)67(96-77(111)50(89-6)28-39(2)3)69(105)42-16-19-54(126-56)48(86)30-42/h15-20,27,29-34,39-40,50-51,58,61-62,64-70,72-73,75-76,84,89-91,100-102,105-110H,7-14,21-26,28,35-38H2,1-6H3,(H2,88,103)(H,92,115)(H,93,112)(H,94,114)(H,95,116)(H,96,111)(H,97,113)(H,117,118)(H2,119,120,121)(H2,122,123,124)/t40?,50?,51?,58?,61?,64?,65?,66-,67?,68?,69+,70-,72?,73?,75?,76?,84?,85-/m1/s1. The molecule has 0 radical (unpaired) electrons. The minimum Gasteiger partial charge on any atom is -0.507 e. The van der Waals surface area contributed by atoms with Crippen LogP contribution in [0.5, 0.6) is 46.0 Å². The highest BCUT2D eigenvalue weighted by atomic mass is 35.5. The molecule has 0 spiro atoms. The molecule has 132 heavy (non-hydrogen) atoms. The number of carbonyl (C=O) groups excluding carboxylic acids is 9. The number of halogens is 2. The number of aliphatic carboxylic acids is 1. The summed E-state index contributed by atoms with van der Waals surface area (Å²) in [6.45, 7) is 7.42. The number of phenolic OH excluding ortho intramolecular Hbond substituents is 3. The number of primary amides is 1. The molecular weight excluding hydrogens is 1820 g/mol. The number of ether oxygens (including phenoxy) is 6. The van der Waals surface area contributed by atoms with E-state index in [2.05, 4.69) is 54.8 Å². The molecule has 12 rings (SSSR count). The van der Waals surface area contributed by atoms with Gasteiger partial charge in [0.25, 0.3) is 0 Å². The SMILES string of the molecule is CCCCCCCCCCNCCN[C@]1(C)CC(OC2C(Oc3c4cc5cc3Oc3ccc(cc3Cl)[C@H](O)C(NC(=O)C(CC(C)C)NC)C(=O)NC(CC(N)=O)C(=O)NC5C(=O)NC3C(=O)NC(C(=O)N[C@@H](C(=O)O)c5cc(O)c(CN(CC=O)C(=O)CCC(P(=O)(O)O)P(=O)(O)O)c(O)c5-c5cc3ccc5O)[C@H](O)c3ccc(c(Cl)c3)O4)OC(CO)C(O)C2O)OC(C)C1O. The molecule has 7 aliphatic heterocycles. The summed E-state index contributed by atoms with van der Waals surface area (Å²) in [6.07, 6.45) is -12.5.